The van der Waals surface area contributed by atoms with E-state index >= 15 is 0 Å². The van der Waals surface area contributed by atoms with Crippen molar-refractivity contribution in [2.24, 2.45) is 0 Å². The van der Waals surface area contributed by atoms with Gasteiger partial charge in [0.1, 0.15) is 5.54 Å². The van der Waals surface area contributed by atoms with Gasteiger partial charge in [-0.05, 0) is 23.3 Å². The molecule has 1 aliphatic carbocycles. The van der Waals surface area contributed by atoms with Gasteiger partial charge >= 0.3 is 0 Å². The van der Waals surface area contributed by atoms with Gasteiger partial charge in [-0.1, -0.05) is 47.5 Å². The molecule has 6 nitrogen and oxygen atoms in total. The zero-order chi connectivity index (χ0) is 26.2. The molecule has 0 bridgehead atoms. The van der Waals surface area contributed by atoms with Crippen molar-refractivity contribution < 1.29 is 13.6 Å². The predicted molar refractivity (Wildman–Crippen MR) is 146 cm³/mol. The minimum Gasteiger partial charge on any atom is -0.338 e. The number of carbonyl (C=O) groups is 1. The minimum atomic E-state index is -0.748. The van der Waals surface area contributed by atoms with Crippen LogP contribution in [0.4, 0.5) is 8.78 Å². The summed E-state index contributed by atoms with van der Waals surface area (Å²) in [6, 6.07) is 13.7. The maximum atomic E-state index is 14.1. The van der Waals surface area contributed by atoms with Gasteiger partial charge in [0, 0.05) is 74.8 Å². The molecule has 0 saturated carbocycles. The fraction of sp³-hybridized carbons (Fsp3) is 0.370. The Morgan fingerprint density at radius 2 is 1.45 bits per heavy atom. The van der Waals surface area contributed by atoms with Gasteiger partial charge in [0.05, 0.1) is 17.9 Å². The quantitative estimate of drug-likeness (QED) is 0.391. The molecule has 0 unspecified atom stereocenters. The molecule has 1 amide bonds. The smallest absolute Gasteiger partial charge is 0.243 e. The van der Waals surface area contributed by atoms with Gasteiger partial charge in [-0.25, -0.2) is 9.97 Å². The summed E-state index contributed by atoms with van der Waals surface area (Å²) in [7, 11) is 1.73. The lowest BCUT2D eigenvalue weighted by Crippen LogP contribution is -2.64. The Balaban J connectivity index is 0.00000336. The van der Waals surface area contributed by atoms with Gasteiger partial charge in [-0.2, -0.15) is 8.78 Å². The molecular weight excluding hydrogens is 555 g/mol. The Morgan fingerprint density at radius 3 is 2.00 bits per heavy atom. The molecule has 1 saturated heterocycles. The molecule has 2 aromatic heterocycles. The highest BCUT2D eigenvalue weighted by atomic mass is 35.5. The summed E-state index contributed by atoms with van der Waals surface area (Å²) < 4.78 is 27.5. The molecule has 11 heteroatoms. The fourth-order valence-corrected chi connectivity index (χ4v) is 5.96. The first-order chi connectivity index (χ1) is 17.7. The Labute approximate surface area is 237 Å². The average molecular weight is 583 g/mol. The first kappa shape index (κ1) is 28.6. The monoisotopic (exact) mass is 581 g/mol. The summed E-state index contributed by atoms with van der Waals surface area (Å²) in [6.45, 7) is 3.37. The van der Waals surface area contributed by atoms with Crippen molar-refractivity contribution in [2.75, 3.05) is 33.2 Å². The lowest BCUT2D eigenvalue weighted by molar-refractivity contribution is -0.145. The van der Waals surface area contributed by atoms with Crippen molar-refractivity contribution in [3.63, 3.8) is 0 Å². The molecule has 1 aliphatic heterocycles. The number of benzene rings is 1. The summed E-state index contributed by atoms with van der Waals surface area (Å²) >= 11 is 12.0. The van der Waals surface area contributed by atoms with Gasteiger partial charge in [-0.3, -0.25) is 14.6 Å². The lowest BCUT2D eigenvalue weighted by atomic mass is 9.90. The number of aromatic nitrogens is 2. The standard InChI is InChI=1S/C27H27Cl2F2N5O.ClH/c1-34(16-22-10-20(28)12-24(30)32-22)26(37)27(14-18-4-2-3-5-19(18)15-27)36-8-6-35(7-9-36)17-23-11-21(29)13-25(31)33-23;/h2-5,10-13H,6-9,14-17H2,1H3;1H. The number of nitrogens with zero attached hydrogens (tertiary/aromatic N) is 5. The second-order valence-corrected chi connectivity index (χ2v) is 10.6. The second-order valence-electron chi connectivity index (χ2n) is 9.78. The van der Waals surface area contributed by atoms with Crippen LogP contribution in [0.15, 0.2) is 48.5 Å². The summed E-state index contributed by atoms with van der Waals surface area (Å²) in [5, 5.41) is 0.572. The molecule has 38 heavy (non-hydrogen) atoms. The highest BCUT2D eigenvalue weighted by Gasteiger charge is 2.50. The topological polar surface area (TPSA) is 52.6 Å². The molecule has 3 heterocycles. The Morgan fingerprint density at radius 1 is 0.921 bits per heavy atom. The molecule has 2 aliphatic rings. The summed E-state index contributed by atoms with van der Waals surface area (Å²) in [4.78, 5) is 28.1. The zero-order valence-electron chi connectivity index (χ0n) is 20.8. The van der Waals surface area contributed by atoms with Crippen LogP contribution >= 0.6 is 35.6 Å². The van der Waals surface area contributed by atoms with E-state index in [1.807, 2.05) is 12.1 Å². The van der Waals surface area contributed by atoms with Crippen LogP contribution in [0.1, 0.15) is 22.5 Å². The maximum Gasteiger partial charge on any atom is 0.243 e. The normalized spacial score (nSPS) is 17.1. The molecule has 3 aromatic rings. The van der Waals surface area contributed by atoms with E-state index in [-0.39, 0.29) is 29.9 Å². The van der Waals surface area contributed by atoms with Gasteiger partial charge < -0.3 is 4.90 Å². The summed E-state index contributed by atoms with van der Waals surface area (Å²) in [6.07, 6.45) is 1.20. The maximum absolute atomic E-state index is 14.1. The molecule has 0 N–H and O–H groups in total. The number of pyridine rings is 2. The van der Waals surface area contributed by atoms with Crippen LogP contribution in [0.2, 0.25) is 10.0 Å². The van der Waals surface area contributed by atoms with E-state index in [1.54, 1.807) is 24.1 Å². The lowest BCUT2D eigenvalue weighted by Gasteiger charge is -2.46. The number of hydrogen-bond acceptors (Lipinski definition) is 5. The van der Waals surface area contributed by atoms with E-state index in [2.05, 4.69) is 31.9 Å². The third kappa shape index (κ3) is 6.10. The SMILES string of the molecule is CN(Cc1cc(Cl)cc(F)n1)C(=O)C1(N2CCN(Cc3cc(Cl)cc(F)n3)CC2)Cc2ccccc2C1.Cl. The van der Waals surface area contributed by atoms with Crippen LogP contribution in [0.3, 0.4) is 0 Å². The van der Waals surface area contributed by atoms with Crippen LogP contribution in [0, 0.1) is 11.9 Å². The molecule has 1 fully saturated rings. The third-order valence-electron chi connectivity index (χ3n) is 7.22. The number of fused-ring (bicyclic) bond motifs is 1. The highest BCUT2D eigenvalue weighted by molar-refractivity contribution is 6.30. The molecule has 0 atom stereocenters. The van der Waals surface area contributed by atoms with Gasteiger partial charge in [0.2, 0.25) is 17.8 Å². The van der Waals surface area contributed by atoms with E-state index in [4.69, 9.17) is 23.2 Å². The number of rotatable bonds is 6. The largest absolute Gasteiger partial charge is 0.338 e. The van der Waals surface area contributed by atoms with Crippen molar-refractivity contribution in [1.29, 1.82) is 0 Å². The first-order valence-electron chi connectivity index (χ1n) is 12.2. The Hall–Kier alpha value is -2.36. The molecule has 0 radical (unpaired) electrons. The van der Waals surface area contributed by atoms with Gasteiger partial charge in [-0.15, -0.1) is 12.4 Å². The van der Waals surface area contributed by atoms with Crippen LogP contribution in [0.25, 0.3) is 0 Å². The highest BCUT2D eigenvalue weighted by Crippen LogP contribution is 2.37. The van der Waals surface area contributed by atoms with E-state index in [9.17, 15) is 13.6 Å². The second kappa shape index (κ2) is 11.8. The number of piperazine rings is 1. The van der Waals surface area contributed by atoms with Crippen LogP contribution in [-0.2, 0) is 30.7 Å². The van der Waals surface area contributed by atoms with E-state index < -0.39 is 17.4 Å². The molecule has 5 rings (SSSR count). The summed E-state index contributed by atoms with van der Waals surface area (Å²) in [5.41, 5.74) is 2.56. The number of halogens is 5. The fourth-order valence-electron chi connectivity index (χ4n) is 5.53. The third-order valence-corrected chi connectivity index (χ3v) is 7.65. The van der Waals surface area contributed by atoms with E-state index in [0.717, 1.165) is 17.2 Å². The Kier molecular flexibility index (Phi) is 8.89. The molecule has 1 aromatic carbocycles. The number of amides is 1. The van der Waals surface area contributed by atoms with Crippen molar-refractivity contribution in [2.45, 2.75) is 31.5 Å². The van der Waals surface area contributed by atoms with Crippen molar-refractivity contribution in [3.05, 3.63) is 93.0 Å². The van der Waals surface area contributed by atoms with E-state index in [1.165, 1.54) is 6.07 Å². The van der Waals surface area contributed by atoms with Crippen LogP contribution in [0.5, 0.6) is 0 Å². The van der Waals surface area contributed by atoms with Crippen molar-refractivity contribution in [1.82, 2.24) is 24.7 Å². The zero-order valence-corrected chi connectivity index (χ0v) is 23.2. The van der Waals surface area contributed by atoms with Crippen molar-refractivity contribution >= 4 is 41.5 Å². The predicted octanol–water partition coefficient (Wildman–Crippen LogP) is 4.80. The average Bonchev–Trinajstić information content (AvgIpc) is 3.23. The number of likely N-dealkylation sites (N-methyl/N-ethyl adjacent to an activating group) is 1. The number of carbonyl (C=O) groups excluding carboxylic acids is 1. The van der Waals surface area contributed by atoms with E-state index in [0.29, 0.717) is 62.0 Å². The van der Waals surface area contributed by atoms with Crippen molar-refractivity contribution in [3.8, 4) is 0 Å². The number of hydrogen-bond donors (Lipinski definition) is 0. The first-order valence-corrected chi connectivity index (χ1v) is 12.9. The van der Waals surface area contributed by atoms with Gasteiger partial charge in [0.25, 0.3) is 0 Å². The van der Waals surface area contributed by atoms with Crippen LogP contribution in [-0.4, -0.2) is 69.3 Å². The molecule has 0 spiro atoms. The van der Waals surface area contributed by atoms with Gasteiger partial charge in [0.15, 0.2) is 0 Å². The molecule has 202 valence electrons. The van der Waals surface area contributed by atoms with Crippen LogP contribution < -0.4 is 0 Å². The Bertz CT molecular complexity index is 1250. The summed E-state index contributed by atoms with van der Waals surface area (Å²) in [5.74, 6) is -1.29. The molecular formula is C27H28Cl3F2N5O. The minimum absolute atomic E-state index is 0.